The Morgan fingerprint density at radius 3 is 2.74 bits per heavy atom. The minimum absolute atomic E-state index is 0.432. The van der Waals surface area contributed by atoms with Gasteiger partial charge < -0.3 is 9.47 Å². The van der Waals surface area contributed by atoms with E-state index >= 15 is 0 Å². The average Bonchev–Trinajstić information content (AvgIpc) is 2.54. The Balaban J connectivity index is 2.29. The summed E-state index contributed by atoms with van der Waals surface area (Å²) in [6.07, 6.45) is 3.48. The van der Waals surface area contributed by atoms with Gasteiger partial charge in [0.2, 0.25) is 0 Å². The maximum atomic E-state index is 6.12. The number of methoxy groups -OCH3 is 1. The third-order valence-corrected chi connectivity index (χ3v) is 4.32. The molecule has 120 valence electrons. The Morgan fingerprint density at radius 1 is 1.30 bits per heavy atom. The van der Waals surface area contributed by atoms with Gasteiger partial charge in [-0.2, -0.15) is 0 Å². The molecule has 0 fully saturated rings. The summed E-state index contributed by atoms with van der Waals surface area (Å²) in [6.45, 7) is 6.05. The minimum Gasteiger partial charge on any atom is -0.493 e. The molecule has 0 bridgehead atoms. The highest BCUT2D eigenvalue weighted by molar-refractivity contribution is 14.1. The quantitative estimate of drug-likeness (QED) is 0.333. The lowest BCUT2D eigenvalue weighted by molar-refractivity contribution is 0.324. The van der Waals surface area contributed by atoms with Crippen molar-refractivity contribution in [1.29, 1.82) is 0 Å². The molecule has 0 radical (unpaired) electrons. The van der Waals surface area contributed by atoms with Gasteiger partial charge in [-0.1, -0.05) is 30.3 Å². The molecular weight excluding hydrogens is 425 g/mol. The number of hydrogen-bond acceptors (Lipinski definition) is 3. The van der Waals surface area contributed by atoms with E-state index in [9.17, 15) is 0 Å². The highest BCUT2D eigenvalue weighted by Gasteiger charge is 2.10. The van der Waals surface area contributed by atoms with Gasteiger partial charge in [0.05, 0.1) is 16.4 Å². The predicted molar refractivity (Wildman–Crippen MR) is 105 cm³/mol. The second kappa shape index (κ2) is 8.36. The summed E-state index contributed by atoms with van der Waals surface area (Å²) in [7, 11) is 1.62. The SMILES string of the molecule is C=CCOc1c(I)cc(C=Nc2ccc(C)c(Cl)c2)cc1OC. The number of nitrogens with zero attached hydrogens (tertiary/aromatic N) is 1. The lowest BCUT2D eigenvalue weighted by atomic mass is 10.2. The Morgan fingerprint density at radius 2 is 2.09 bits per heavy atom. The Labute approximate surface area is 155 Å². The molecule has 3 nitrogen and oxygen atoms in total. The molecule has 0 amide bonds. The number of ether oxygens (including phenoxy) is 2. The first-order valence-electron chi connectivity index (χ1n) is 6.96. The zero-order valence-electron chi connectivity index (χ0n) is 13.0. The van der Waals surface area contributed by atoms with E-state index in [1.54, 1.807) is 19.4 Å². The van der Waals surface area contributed by atoms with Crippen molar-refractivity contribution < 1.29 is 9.47 Å². The molecule has 0 saturated carbocycles. The van der Waals surface area contributed by atoms with E-state index in [0.29, 0.717) is 23.1 Å². The molecule has 2 aromatic carbocycles. The first-order valence-corrected chi connectivity index (χ1v) is 8.42. The summed E-state index contributed by atoms with van der Waals surface area (Å²) < 4.78 is 12.0. The van der Waals surface area contributed by atoms with Gasteiger partial charge in [0.15, 0.2) is 11.5 Å². The fourth-order valence-electron chi connectivity index (χ4n) is 1.91. The van der Waals surface area contributed by atoms with Gasteiger partial charge in [-0.25, -0.2) is 0 Å². The van der Waals surface area contributed by atoms with Crippen LogP contribution in [0.1, 0.15) is 11.1 Å². The number of aliphatic imine (C=N–C) groups is 1. The van der Waals surface area contributed by atoms with Crippen LogP contribution in [0.2, 0.25) is 5.02 Å². The van der Waals surface area contributed by atoms with E-state index in [0.717, 1.165) is 20.4 Å². The lowest BCUT2D eigenvalue weighted by Crippen LogP contribution is -1.99. The van der Waals surface area contributed by atoms with Crippen LogP contribution in [0, 0.1) is 10.5 Å². The van der Waals surface area contributed by atoms with E-state index in [1.807, 2.05) is 37.3 Å². The van der Waals surface area contributed by atoms with Crippen LogP contribution in [0.3, 0.4) is 0 Å². The molecule has 0 aliphatic rings. The topological polar surface area (TPSA) is 30.8 Å². The van der Waals surface area contributed by atoms with Crippen molar-refractivity contribution in [2.75, 3.05) is 13.7 Å². The van der Waals surface area contributed by atoms with Gasteiger partial charge in [-0.15, -0.1) is 0 Å². The first-order chi connectivity index (χ1) is 11.0. The second-order valence-corrected chi connectivity index (χ2v) is 6.39. The summed E-state index contributed by atoms with van der Waals surface area (Å²) in [6, 6.07) is 9.60. The second-order valence-electron chi connectivity index (χ2n) is 4.83. The van der Waals surface area contributed by atoms with Gasteiger partial charge in [-0.05, 0) is 64.9 Å². The number of halogens is 2. The molecule has 5 heteroatoms. The predicted octanol–water partition coefficient (Wildman–Crippen LogP) is 5.58. The molecule has 0 aliphatic carbocycles. The fraction of sp³-hybridized carbons (Fsp3) is 0.167. The smallest absolute Gasteiger partial charge is 0.174 e. The van der Waals surface area contributed by atoms with Crippen molar-refractivity contribution in [3.8, 4) is 11.5 Å². The Kier molecular flexibility index (Phi) is 6.47. The Bertz CT molecular complexity index is 744. The van der Waals surface area contributed by atoms with Crippen molar-refractivity contribution in [1.82, 2.24) is 0 Å². The van der Waals surface area contributed by atoms with Crippen LogP contribution < -0.4 is 9.47 Å². The summed E-state index contributed by atoms with van der Waals surface area (Å²) >= 11 is 8.33. The molecule has 0 N–H and O–H groups in total. The fourth-order valence-corrected chi connectivity index (χ4v) is 2.86. The molecule has 23 heavy (non-hydrogen) atoms. The highest BCUT2D eigenvalue weighted by atomic mass is 127. The van der Waals surface area contributed by atoms with Crippen LogP contribution in [0.15, 0.2) is 48.0 Å². The molecule has 0 heterocycles. The summed E-state index contributed by atoms with van der Waals surface area (Å²) in [5.41, 5.74) is 2.76. The van der Waals surface area contributed by atoms with Gasteiger partial charge in [-0.3, -0.25) is 4.99 Å². The number of aryl methyl sites for hydroxylation is 1. The van der Waals surface area contributed by atoms with E-state index in [2.05, 4.69) is 34.2 Å². The summed E-state index contributed by atoms with van der Waals surface area (Å²) in [4.78, 5) is 4.46. The largest absolute Gasteiger partial charge is 0.493 e. The van der Waals surface area contributed by atoms with E-state index in [1.165, 1.54) is 0 Å². The minimum atomic E-state index is 0.432. The van der Waals surface area contributed by atoms with Crippen LogP contribution in [-0.2, 0) is 0 Å². The van der Waals surface area contributed by atoms with Gasteiger partial charge in [0, 0.05) is 11.2 Å². The van der Waals surface area contributed by atoms with E-state index < -0.39 is 0 Å². The molecule has 0 unspecified atom stereocenters. The highest BCUT2D eigenvalue weighted by Crippen LogP contribution is 2.33. The van der Waals surface area contributed by atoms with Gasteiger partial charge in [0.1, 0.15) is 6.61 Å². The zero-order valence-corrected chi connectivity index (χ0v) is 15.9. The zero-order chi connectivity index (χ0) is 16.8. The van der Waals surface area contributed by atoms with Gasteiger partial charge in [0.25, 0.3) is 0 Å². The van der Waals surface area contributed by atoms with E-state index in [4.69, 9.17) is 21.1 Å². The van der Waals surface area contributed by atoms with E-state index in [-0.39, 0.29) is 0 Å². The van der Waals surface area contributed by atoms with Gasteiger partial charge >= 0.3 is 0 Å². The molecule has 2 rings (SSSR count). The molecular formula is C18H17ClINO2. The number of benzene rings is 2. The van der Waals surface area contributed by atoms with Crippen molar-refractivity contribution in [2.24, 2.45) is 4.99 Å². The molecule has 0 saturated heterocycles. The van der Waals surface area contributed by atoms with Crippen LogP contribution in [-0.4, -0.2) is 19.9 Å². The molecule has 0 atom stereocenters. The molecule has 0 aliphatic heterocycles. The maximum Gasteiger partial charge on any atom is 0.174 e. The molecule has 2 aromatic rings. The Hall–Kier alpha value is -1.53. The van der Waals surface area contributed by atoms with Crippen LogP contribution in [0.5, 0.6) is 11.5 Å². The maximum absolute atomic E-state index is 6.12. The first kappa shape index (κ1) is 17.8. The number of rotatable bonds is 6. The molecule has 0 spiro atoms. The molecule has 0 aromatic heterocycles. The van der Waals surface area contributed by atoms with Crippen molar-refractivity contribution in [2.45, 2.75) is 6.92 Å². The summed E-state index contributed by atoms with van der Waals surface area (Å²) in [5.74, 6) is 1.38. The average molecular weight is 442 g/mol. The van der Waals surface area contributed by atoms with Crippen molar-refractivity contribution in [3.05, 3.63) is 62.7 Å². The normalized spacial score (nSPS) is 10.8. The third-order valence-electron chi connectivity index (χ3n) is 3.12. The lowest BCUT2D eigenvalue weighted by Gasteiger charge is -2.12. The van der Waals surface area contributed by atoms with Crippen LogP contribution in [0.25, 0.3) is 0 Å². The third kappa shape index (κ3) is 4.72. The van der Waals surface area contributed by atoms with Crippen molar-refractivity contribution >= 4 is 46.1 Å². The van der Waals surface area contributed by atoms with Crippen LogP contribution in [0.4, 0.5) is 5.69 Å². The number of hydrogen-bond donors (Lipinski definition) is 0. The summed E-state index contributed by atoms with van der Waals surface area (Å²) in [5, 5.41) is 0.708. The monoisotopic (exact) mass is 441 g/mol. The van der Waals surface area contributed by atoms with Crippen molar-refractivity contribution in [3.63, 3.8) is 0 Å². The van der Waals surface area contributed by atoms with Crippen LogP contribution >= 0.6 is 34.2 Å². The standard InChI is InChI=1S/C18H17ClINO2/c1-4-7-23-18-16(20)8-13(9-17(18)22-3)11-21-14-6-5-12(2)15(19)10-14/h4-6,8-11H,1,7H2,2-3H3.